The maximum atomic E-state index is 14.1. The summed E-state index contributed by atoms with van der Waals surface area (Å²) in [5.74, 6) is -0.559. The Hall–Kier alpha value is -3.40. The minimum atomic E-state index is -0.932. The van der Waals surface area contributed by atoms with Crippen LogP contribution in [0.25, 0.3) is 5.57 Å². The molecule has 2 aliphatic heterocycles. The number of thiazole rings is 1. The van der Waals surface area contributed by atoms with E-state index in [1.54, 1.807) is 43.3 Å². The maximum Gasteiger partial charge on any atom is 0.338 e. The number of nitrogens with zero attached hydrogens (tertiary/aromatic N) is 2. The van der Waals surface area contributed by atoms with Gasteiger partial charge in [0.15, 0.2) is 4.80 Å². The van der Waals surface area contributed by atoms with Crippen LogP contribution in [0.1, 0.15) is 43.9 Å². The van der Waals surface area contributed by atoms with Crippen molar-refractivity contribution in [2.24, 2.45) is 4.99 Å². The van der Waals surface area contributed by atoms with E-state index in [4.69, 9.17) is 37.7 Å². The molecule has 0 radical (unpaired) electrons. The molecule has 196 valence electrons. The van der Waals surface area contributed by atoms with Crippen LogP contribution in [-0.4, -0.2) is 30.2 Å². The van der Waals surface area contributed by atoms with Crippen LogP contribution in [0.3, 0.4) is 0 Å². The van der Waals surface area contributed by atoms with Crippen molar-refractivity contribution in [3.8, 4) is 5.75 Å². The molecule has 8 nitrogen and oxygen atoms in total. The highest BCUT2D eigenvalue weighted by Gasteiger charge is 2.37. The summed E-state index contributed by atoms with van der Waals surface area (Å²) in [5.41, 5.74) is 2.07. The first-order valence-corrected chi connectivity index (χ1v) is 13.5. The maximum absolute atomic E-state index is 14.1. The fraction of sp³-hybridized carbons (Fsp3) is 0.259. The second-order valence-electron chi connectivity index (χ2n) is 8.64. The number of hydrogen-bond donors (Lipinski definition) is 1. The van der Waals surface area contributed by atoms with Gasteiger partial charge in [-0.1, -0.05) is 47.9 Å². The molecule has 1 N–H and O–H groups in total. The number of amides is 1. The van der Waals surface area contributed by atoms with Crippen LogP contribution in [0.2, 0.25) is 10.0 Å². The fourth-order valence-electron chi connectivity index (χ4n) is 4.75. The Kier molecular flexibility index (Phi) is 7.17. The molecule has 0 fully saturated rings. The zero-order valence-electron chi connectivity index (χ0n) is 20.8. The molecule has 3 aromatic rings. The van der Waals surface area contributed by atoms with Crippen LogP contribution in [-0.2, 0) is 14.3 Å². The van der Waals surface area contributed by atoms with Gasteiger partial charge in [-0.15, -0.1) is 0 Å². The van der Waals surface area contributed by atoms with Gasteiger partial charge in [-0.2, -0.15) is 0 Å². The molecular formula is C27H23Cl2N3O5S. The van der Waals surface area contributed by atoms with Crippen molar-refractivity contribution in [3.63, 3.8) is 0 Å². The Bertz CT molecular complexity index is 1710. The van der Waals surface area contributed by atoms with Crippen molar-refractivity contribution in [3.05, 3.63) is 88.5 Å². The molecule has 0 bridgehead atoms. The number of esters is 1. The van der Waals surface area contributed by atoms with Crippen molar-refractivity contribution in [1.29, 1.82) is 0 Å². The van der Waals surface area contributed by atoms with Crippen LogP contribution in [0.15, 0.2) is 57.5 Å². The van der Waals surface area contributed by atoms with E-state index < -0.39 is 23.5 Å². The van der Waals surface area contributed by atoms with Gasteiger partial charge in [0.1, 0.15) is 16.3 Å². The number of carbonyl (C=O) groups excluding carboxylic acids is 2. The molecule has 0 unspecified atom stereocenters. The number of hydrogen-bond acceptors (Lipinski definition) is 7. The van der Waals surface area contributed by atoms with Crippen LogP contribution >= 0.6 is 34.5 Å². The van der Waals surface area contributed by atoms with Gasteiger partial charge < -0.3 is 14.8 Å². The van der Waals surface area contributed by atoms with E-state index in [-0.39, 0.29) is 22.3 Å². The fourth-order valence-corrected chi connectivity index (χ4v) is 6.22. The van der Waals surface area contributed by atoms with E-state index in [0.29, 0.717) is 55.9 Å². The van der Waals surface area contributed by atoms with Gasteiger partial charge in [0.2, 0.25) is 0 Å². The number of nitrogens with one attached hydrogen (secondary N) is 1. The minimum Gasteiger partial charge on any atom is -0.496 e. The van der Waals surface area contributed by atoms with Crippen molar-refractivity contribution >= 4 is 57.7 Å². The lowest BCUT2D eigenvalue weighted by Gasteiger charge is -2.27. The Morgan fingerprint density at radius 3 is 2.58 bits per heavy atom. The largest absolute Gasteiger partial charge is 0.496 e. The van der Waals surface area contributed by atoms with E-state index in [1.807, 2.05) is 6.92 Å². The predicted molar refractivity (Wildman–Crippen MR) is 147 cm³/mol. The highest BCUT2D eigenvalue weighted by Crippen LogP contribution is 2.38. The van der Waals surface area contributed by atoms with Crippen LogP contribution in [0.4, 0.5) is 5.69 Å². The Labute approximate surface area is 231 Å². The summed E-state index contributed by atoms with van der Waals surface area (Å²) in [5, 5.41) is 3.63. The van der Waals surface area contributed by atoms with Crippen LogP contribution in [0, 0.1) is 0 Å². The lowest BCUT2D eigenvalue weighted by atomic mass is 9.93. The number of aromatic nitrogens is 1. The monoisotopic (exact) mass is 571 g/mol. The lowest BCUT2D eigenvalue weighted by molar-refractivity contribution is -0.139. The molecular weight excluding hydrogens is 549 g/mol. The number of rotatable bonds is 6. The van der Waals surface area contributed by atoms with Gasteiger partial charge in [0, 0.05) is 26.9 Å². The van der Waals surface area contributed by atoms with Gasteiger partial charge in [-0.3, -0.25) is 14.2 Å². The minimum absolute atomic E-state index is 0.146. The summed E-state index contributed by atoms with van der Waals surface area (Å²) in [7, 11) is 1.50. The third kappa shape index (κ3) is 4.34. The molecule has 2 aromatic carbocycles. The zero-order chi connectivity index (χ0) is 27.1. The lowest BCUT2D eigenvalue weighted by Crippen LogP contribution is -2.41. The summed E-state index contributed by atoms with van der Waals surface area (Å²) in [6.45, 7) is 3.83. The topological polar surface area (TPSA) is 99.0 Å². The van der Waals surface area contributed by atoms with E-state index in [9.17, 15) is 14.4 Å². The Balaban J connectivity index is 1.89. The molecule has 1 aromatic heterocycles. The summed E-state index contributed by atoms with van der Waals surface area (Å²) in [4.78, 5) is 45.6. The number of anilines is 1. The average molecular weight is 572 g/mol. The molecule has 2 aliphatic rings. The normalized spacial score (nSPS) is 17.5. The summed E-state index contributed by atoms with van der Waals surface area (Å²) < 4.78 is 12.6. The van der Waals surface area contributed by atoms with E-state index >= 15 is 0 Å². The first kappa shape index (κ1) is 26.2. The second kappa shape index (κ2) is 10.4. The van der Waals surface area contributed by atoms with Gasteiger partial charge >= 0.3 is 5.97 Å². The zero-order valence-corrected chi connectivity index (χ0v) is 23.1. The van der Waals surface area contributed by atoms with Crippen molar-refractivity contribution in [2.45, 2.75) is 32.7 Å². The van der Waals surface area contributed by atoms with Crippen molar-refractivity contribution < 1.29 is 19.1 Å². The van der Waals surface area contributed by atoms with Gasteiger partial charge in [-0.05, 0) is 49.7 Å². The molecule has 3 heterocycles. The average Bonchev–Trinajstić information content (AvgIpc) is 3.38. The smallest absolute Gasteiger partial charge is 0.338 e. The van der Waals surface area contributed by atoms with Gasteiger partial charge in [0.25, 0.3) is 11.5 Å². The molecule has 38 heavy (non-hydrogen) atoms. The summed E-state index contributed by atoms with van der Waals surface area (Å²) in [6.07, 6.45) is 1.18. The number of allylic oxidation sites excluding steroid dienone is 1. The van der Waals surface area contributed by atoms with Gasteiger partial charge in [-0.25, -0.2) is 9.79 Å². The first-order valence-electron chi connectivity index (χ1n) is 12.0. The molecule has 1 atom stereocenters. The molecule has 0 spiro atoms. The molecule has 11 heteroatoms. The molecule has 0 saturated heterocycles. The highest BCUT2D eigenvalue weighted by molar-refractivity contribution is 7.07. The molecule has 5 rings (SSSR count). The quantitative estimate of drug-likeness (QED) is 0.447. The van der Waals surface area contributed by atoms with Crippen LogP contribution < -0.4 is 24.9 Å². The summed E-state index contributed by atoms with van der Waals surface area (Å²) >= 11 is 13.7. The first-order chi connectivity index (χ1) is 18.3. The number of carbonyl (C=O) groups is 2. The van der Waals surface area contributed by atoms with Crippen molar-refractivity contribution in [2.75, 3.05) is 19.0 Å². The number of methoxy groups -OCH3 is 1. The summed E-state index contributed by atoms with van der Waals surface area (Å²) in [6, 6.07) is 9.08. The van der Waals surface area contributed by atoms with Crippen LogP contribution in [0.5, 0.6) is 5.75 Å². The predicted octanol–water partition coefficient (Wildman–Crippen LogP) is 4.22. The number of benzene rings is 2. The van der Waals surface area contributed by atoms with E-state index in [1.165, 1.54) is 11.7 Å². The van der Waals surface area contributed by atoms with E-state index in [0.717, 1.165) is 11.3 Å². The molecule has 0 saturated carbocycles. The molecule has 0 aliphatic carbocycles. The molecule has 1 amide bonds. The van der Waals surface area contributed by atoms with Crippen molar-refractivity contribution in [1.82, 2.24) is 4.57 Å². The third-order valence-corrected chi connectivity index (χ3v) is 7.83. The number of fused-ring (bicyclic) bond motifs is 2. The Morgan fingerprint density at radius 2 is 1.87 bits per heavy atom. The SMILES string of the molecule is CCCC1=C(C(=O)OCC)[C@@H](c2cc(Cl)ccc2OC)n2c(s/c(=C3/C(=O)Nc4ccc(Cl)cc43)c2=O)=N1. The van der Waals surface area contributed by atoms with Gasteiger partial charge in [0.05, 0.1) is 30.6 Å². The third-order valence-electron chi connectivity index (χ3n) is 6.31. The second-order valence-corrected chi connectivity index (χ2v) is 10.5. The highest BCUT2D eigenvalue weighted by atomic mass is 35.5. The Morgan fingerprint density at radius 1 is 1.13 bits per heavy atom. The standard InChI is InChI=1S/C27H23Cl2N3O5S/c1-4-6-18-21(26(35)37-5-2)22(16-12-14(29)8-10-19(16)36-3)32-25(34)23(38-27(32)31-18)20-15-11-13(28)7-9-17(15)30-24(20)33/h7-12,22H,4-6H2,1-3H3,(H,30,33)/b23-20+/t22-/m1/s1. The number of ether oxygens (including phenoxy) is 2. The number of halogens is 2. The van der Waals surface area contributed by atoms with E-state index in [2.05, 4.69) is 5.32 Å².